The first-order valence-corrected chi connectivity index (χ1v) is 8.19. The molecular weight excluding hydrogens is 348 g/mol. The van der Waals surface area contributed by atoms with Gasteiger partial charge in [-0.25, -0.2) is 10.9 Å². The van der Waals surface area contributed by atoms with Gasteiger partial charge in [-0.15, -0.1) is 0 Å². The maximum absolute atomic E-state index is 12.0. The number of hydrogen-bond acceptors (Lipinski definition) is 6. The van der Waals surface area contributed by atoms with Gasteiger partial charge in [-0.2, -0.15) is 10.2 Å². The van der Waals surface area contributed by atoms with Crippen molar-refractivity contribution in [3.8, 4) is 0 Å². The molecule has 0 spiro atoms. The summed E-state index contributed by atoms with van der Waals surface area (Å²) in [4.78, 5) is 24.0. The van der Waals surface area contributed by atoms with E-state index in [1.807, 2.05) is 0 Å². The lowest BCUT2D eigenvalue weighted by Crippen LogP contribution is -2.25. The molecule has 8 nitrogen and oxygen atoms in total. The monoisotopic (exact) mass is 368 g/mol. The van der Waals surface area contributed by atoms with E-state index in [0.29, 0.717) is 11.1 Å². The normalized spacial score (nSPS) is 12.6. The molecule has 0 aliphatic rings. The molecule has 1 atom stereocenters. The van der Waals surface area contributed by atoms with Crippen LogP contribution >= 0.6 is 0 Å². The Kier molecular flexibility index (Phi) is 7.83. The van der Waals surface area contributed by atoms with Gasteiger partial charge >= 0.3 is 0 Å². The van der Waals surface area contributed by atoms with Gasteiger partial charge < -0.3 is 10.2 Å². The molecule has 0 radical (unpaired) electrons. The SMILES string of the molecule is O=C(N/N=C\C(C[C@@H](O)CO)=N/NC(=O)c1ccccc1)c1ccccc1. The summed E-state index contributed by atoms with van der Waals surface area (Å²) in [6, 6.07) is 17.0. The summed E-state index contributed by atoms with van der Waals surface area (Å²) in [6.07, 6.45) is 0.0648. The van der Waals surface area contributed by atoms with E-state index in [1.54, 1.807) is 60.7 Å². The van der Waals surface area contributed by atoms with Crippen molar-refractivity contribution in [1.29, 1.82) is 0 Å². The summed E-state index contributed by atoms with van der Waals surface area (Å²) in [7, 11) is 0. The molecule has 2 amide bonds. The largest absolute Gasteiger partial charge is 0.394 e. The molecule has 0 aromatic heterocycles. The zero-order chi connectivity index (χ0) is 19.5. The quantitative estimate of drug-likeness (QED) is 0.409. The second kappa shape index (κ2) is 10.6. The van der Waals surface area contributed by atoms with Crippen LogP contribution in [0.5, 0.6) is 0 Å². The lowest BCUT2D eigenvalue weighted by atomic mass is 10.2. The van der Waals surface area contributed by atoms with Gasteiger partial charge in [-0.3, -0.25) is 9.59 Å². The summed E-state index contributed by atoms with van der Waals surface area (Å²) < 4.78 is 0. The van der Waals surface area contributed by atoms with E-state index in [-0.39, 0.29) is 12.1 Å². The molecule has 0 unspecified atom stereocenters. The van der Waals surface area contributed by atoms with Crippen LogP contribution in [-0.4, -0.2) is 46.7 Å². The maximum Gasteiger partial charge on any atom is 0.271 e. The molecule has 2 rings (SSSR count). The number of carbonyl (C=O) groups is 2. The Labute approximate surface area is 156 Å². The molecule has 0 saturated heterocycles. The maximum atomic E-state index is 12.0. The Morgan fingerprint density at radius 2 is 1.44 bits per heavy atom. The van der Waals surface area contributed by atoms with E-state index in [1.165, 1.54) is 6.21 Å². The highest BCUT2D eigenvalue weighted by Gasteiger charge is 2.09. The molecule has 0 heterocycles. The molecule has 0 bridgehead atoms. The number of nitrogens with zero attached hydrogens (tertiary/aromatic N) is 2. The van der Waals surface area contributed by atoms with Crippen LogP contribution in [-0.2, 0) is 0 Å². The van der Waals surface area contributed by atoms with E-state index in [4.69, 9.17) is 5.11 Å². The second-order valence-corrected chi connectivity index (χ2v) is 5.52. The van der Waals surface area contributed by atoms with Gasteiger partial charge in [-0.1, -0.05) is 36.4 Å². The standard InChI is InChI=1S/C19H20N4O4/c24-13-17(25)11-16(21-23-19(27)15-9-5-2-6-10-15)12-20-22-18(26)14-7-3-1-4-8-14/h1-10,12,17,24-25H,11,13H2,(H,22,26)(H,23,27)/b20-12-,21-16-/t17-/m1/s1. The van der Waals surface area contributed by atoms with Crippen molar-refractivity contribution in [2.45, 2.75) is 12.5 Å². The van der Waals surface area contributed by atoms with Crippen LogP contribution in [0.4, 0.5) is 0 Å². The van der Waals surface area contributed by atoms with Crippen LogP contribution < -0.4 is 10.9 Å². The smallest absolute Gasteiger partial charge is 0.271 e. The van der Waals surface area contributed by atoms with Crippen molar-refractivity contribution in [2.24, 2.45) is 10.2 Å². The fourth-order valence-corrected chi connectivity index (χ4v) is 2.03. The van der Waals surface area contributed by atoms with Crippen molar-refractivity contribution in [3.05, 3.63) is 71.8 Å². The summed E-state index contributed by atoms with van der Waals surface area (Å²) in [5, 5.41) is 26.3. The minimum Gasteiger partial charge on any atom is -0.394 e. The molecule has 0 fully saturated rings. The van der Waals surface area contributed by atoms with E-state index < -0.39 is 24.5 Å². The molecular formula is C19H20N4O4. The molecule has 2 aromatic carbocycles. The zero-order valence-electron chi connectivity index (χ0n) is 14.4. The number of aliphatic hydroxyl groups excluding tert-OH is 2. The predicted octanol–water partition coefficient (Wildman–Crippen LogP) is 0.932. The Hall–Kier alpha value is -3.36. The number of hydrazone groups is 2. The first-order chi connectivity index (χ1) is 13.1. The second-order valence-electron chi connectivity index (χ2n) is 5.52. The number of benzene rings is 2. The minimum atomic E-state index is -1.08. The number of amides is 2. The average molecular weight is 368 g/mol. The van der Waals surface area contributed by atoms with Crippen molar-refractivity contribution in [1.82, 2.24) is 10.9 Å². The predicted molar refractivity (Wildman–Crippen MR) is 101 cm³/mol. The van der Waals surface area contributed by atoms with Crippen molar-refractivity contribution in [3.63, 3.8) is 0 Å². The lowest BCUT2D eigenvalue weighted by molar-refractivity contribution is 0.0944. The Balaban J connectivity index is 2.02. The van der Waals surface area contributed by atoms with Crippen molar-refractivity contribution in [2.75, 3.05) is 6.61 Å². The average Bonchev–Trinajstić information content (AvgIpc) is 2.72. The Morgan fingerprint density at radius 3 is 1.96 bits per heavy atom. The van der Waals surface area contributed by atoms with Gasteiger partial charge in [0.1, 0.15) is 0 Å². The van der Waals surface area contributed by atoms with E-state index in [9.17, 15) is 14.7 Å². The molecule has 4 N–H and O–H groups in total. The van der Waals surface area contributed by atoms with Crippen LogP contribution in [0, 0.1) is 0 Å². The number of rotatable bonds is 8. The minimum absolute atomic E-state index is 0.0592. The van der Waals surface area contributed by atoms with Crippen LogP contribution in [0.25, 0.3) is 0 Å². The third-order valence-electron chi connectivity index (χ3n) is 3.41. The number of hydrogen-bond donors (Lipinski definition) is 4. The Morgan fingerprint density at radius 1 is 0.926 bits per heavy atom. The summed E-state index contributed by atoms with van der Waals surface area (Å²) >= 11 is 0. The highest BCUT2D eigenvalue weighted by molar-refractivity contribution is 6.31. The number of carbonyl (C=O) groups excluding carboxylic acids is 2. The van der Waals surface area contributed by atoms with Crippen molar-refractivity contribution >= 4 is 23.7 Å². The highest BCUT2D eigenvalue weighted by atomic mass is 16.3. The van der Waals surface area contributed by atoms with E-state index >= 15 is 0 Å². The first-order valence-electron chi connectivity index (χ1n) is 8.19. The van der Waals surface area contributed by atoms with Gasteiger partial charge in [0.15, 0.2) is 0 Å². The van der Waals surface area contributed by atoms with Gasteiger partial charge in [0.2, 0.25) is 0 Å². The van der Waals surface area contributed by atoms with Gasteiger partial charge in [0.25, 0.3) is 11.8 Å². The fraction of sp³-hybridized carbons (Fsp3) is 0.158. The summed E-state index contributed by atoms with van der Waals surface area (Å²) in [5.41, 5.74) is 5.70. The highest BCUT2D eigenvalue weighted by Crippen LogP contribution is 1.99. The van der Waals surface area contributed by atoms with Gasteiger partial charge in [0, 0.05) is 17.5 Å². The van der Waals surface area contributed by atoms with Crippen LogP contribution in [0.15, 0.2) is 70.9 Å². The van der Waals surface area contributed by atoms with Gasteiger partial charge in [0.05, 0.1) is 24.6 Å². The van der Waals surface area contributed by atoms with Crippen LogP contribution in [0.2, 0.25) is 0 Å². The first kappa shape index (κ1) is 20.0. The molecule has 27 heavy (non-hydrogen) atoms. The number of nitrogens with one attached hydrogen (secondary N) is 2. The molecule has 0 aliphatic heterocycles. The van der Waals surface area contributed by atoms with E-state index in [0.717, 1.165) is 0 Å². The van der Waals surface area contributed by atoms with E-state index in [2.05, 4.69) is 21.1 Å². The molecule has 140 valence electrons. The number of aliphatic hydroxyl groups is 2. The van der Waals surface area contributed by atoms with Crippen LogP contribution in [0.1, 0.15) is 27.1 Å². The third-order valence-corrected chi connectivity index (χ3v) is 3.41. The van der Waals surface area contributed by atoms with Gasteiger partial charge in [-0.05, 0) is 24.3 Å². The Bertz CT molecular complexity index is 807. The van der Waals surface area contributed by atoms with Crippen molar-refractivity contribution < 1.29 is 19.8 Å². The topological polar surface area (TPSA) is 123 Å². The molecule has 8 heteroatoms. The summed E-state index contributed by atoms with van der Waals surface area (Å²) in [5.74, 6) is -0.851. The molecule has 2 aromatic rings. The molecule has 0 aliphatic carbocycles. The fourth-order valence-electron chi connectivity index (χ4n) is 2.03. The zero-order valence-corrected chi connectivity index (χ0v) is 14.4. The van der Waals surface area contributed by atoms with Crippen LogP contribution in [0.3, 0.4) is 0 Å². The third kappa shape index (κ3) is 6.81. The lowest BCUT2D eigenvalue weighted by Gasteiger charge is -2.07. The molecule has 0 saturated carbocycles. The summed E-state index contributed by atoms with van der Waals surface area (Å²) in [6.45, 7) is -0.476.